The van der Waals surface area contributed by atoms with Gasteiger partial charge in [0, 0.05) is 38.5 Å². The second kappa shape index (κ2) is 6.87. The molecule has 0 aliphatic rings. The van der Waals surface area contributed by atoms with Gasteiger partial charge in [-0.25, -0.2) is 9.97 Å². The van der Waals surface area contributed by atoms with Crippen LogP contribution in [0.4, 0.5) is 5.69 Å². The number of halogens is 1. The maximum absolute atomic E-state index is 12.3. The molecular weight excluding hydrogens is 439 g/mol. The molecule has 6 heteroatoms. The fourth-order valence-corrected chi connectivity index (χ4v) is 2.99. The number of nitrogens with one attached hydrogen (secondary N) is 1. The quantitative estimate of drug-likeness (QED) is 0.462. The Hall–Kier alpha value is -2.74. The number of carbonyl (C=O) groups is 1. The summed E-state index contributed by atoms with van der Waals surface area (Å²) in [6.45, 7) is 1.94. The van der Waals surface area contributed by atoms with Gasteiger partial charge in [-0.05, 0) is 72.0 Å². The summed E-state index contributed by atoms with van der Waals surface area (Å²) in [5, 5.41) is 2.91. The number of aromatic nitrogens is 3. The first kappa shape index (κ1) is 16.7. The lowest BCUT2D eigenvalue weighted by Gasteiger charge is -2.06. The molecule has 0 bridgehead atoms. The predicted molar refractivity (Wildman–Crippen MR) is 110 cm³/mol. The number of aryl methyl sites for hydroxylation is 1. The van der Waals surface area contributed by atoms with Crippen LogP contribution in [0.15, 0.2) is 67.0 Å². The maximum Gasteiger partial charge on any atom is 0.255 e. The molecule has 0 saturated heterocycles. The third-order valence-corrected chi connectivity index (χ3v) is 4.73. The van der Waals surface area contributed by atoms with Crippen molar-refractivity contribution >= 4 is 40.0 Å². The van der Waals surface area contributed by atoms with Gasteiger partial charge in [-0.15, -0.1) is 0 Å². The third kappa shape index (κ3) is 3.45. The van der Waals surface area contributed by atoms with Gasteiger partial charge >= 0.3 is 0 Å². The molecule has 2 heterocycles. The van der Waals surface area contributed by atoms with Crippen molar-refractivity contribution in [2.45, 2.75) is 6.92 Å². The first-order valence-electron chi connectivity index (χ1n) is 8.08. The Morgan fingerprint density at radius 1 is 1.00 bits per heavy atom. The third-order valence-electron chi connectivity index (χ3n) is 4.01. The number of nitrogens with zero attached hydrogens (tertiary/aromatic N) is 3. The minimum Gasteiger partial charge on any atom is -0.322 e. The van der Waals surface area contributed by atoms with Gasteiger partial charge in [0.1, 0.15) is 0 Å². The fraction of sp³-hybridized carbons (Fsp3) is 0.0500. The minimum atomic E-state index is -0.124. The molecule has 0 spiro atoms. The molecule has 0 radical (unpaired) electrons. The predicted octanol–water partition coefficient (Wildman–Crippen LogP) is 4.56. The fourth-order valence-electron chi connectivity index (χ4n) is 2.63. The van der Waals surface area contributed by atoms with E-state index >= 15 is 0 Å². The number of hydrogen-bond donors (Lipinski definition) is 1. The van der Waals surface area contributed by atoms with E-state index in [4.69, 9.17) is 0 Å². The van der Waals surface area contributed by atoms with Gasteiger partial charge in [0.15, 0.2) is 0 Å². The SMILES string of the molecule is Cc1ccn2cc(-c3ccc(NC(=O)c4ccc(I)cc4)cc3)nc2n1. The summed E-state index contributed by atoms with van der Waals surface area (Å²) in [5.41, 5.74) is 4.13. The molecule has 0 aliphatic heterocycles. The van der Waals surface area contributed by atoms with E-state index < -0.39 is 0 Å². The normalized spacial score (nSPS) is 10.8. The molecule has 1 amide bonds. The first-order chi connectivity index (χ1) is 12.6. The summed E-state index contributed by atoms with van der Waals surface area (Å²) in [5.74, 6) is 0.553. The van der Waals surface area contributed by atoms with Crippen molar-refractivity contribution in [1.29, 1.82) is 0 Å². The maximum atomic E-state index is 12.3. The van der Waals surface area contributed by atoms with Crippen molar-refractivity contribution in [3.05, 3.63) is 81.8 Å². The van der Waals surface area contributed by atoms with Crippen LogP contribution >= 0.6 is 22.6 Å². The molecular formula is C20H15IN4O. The molecule has 128 valence electrons. The van der Waals surface area contributed by atoms with Crippen LogP contribution in [0.2, 0.25) is 0 Å². The number of fused-ring (bicyclic) bond motifs is 1. The molecule has 26 heavy (non-hydrogen) atoms. The number of hydrogen-bond acceptors (Lipinski definition) is 3. The second-order valence-corrected chi connectivity index (χ2v) is 7.19. The monoisotopic (exact) mass is 454 g/mol. The second-order valence-electron chi connectivity index (χ2n) is 5.94. The van der Waals surface area contributed by atoms with E-state index in [1.54, 1.807) is 0 Å². The first-order valence-corrected chi connectivity index (χ1v) is 9.16. The van der Waals surface area contributed by atoms with Gasteiger partial charge in [-0.2, -0.15) is 0 Å². The van der Waals surface area contributed by atoms with Crippen LogP contribution in [-0.2, 0) is 0 Å². The van der Waals surface area contributed by atoms with Crippen LogP contribution in [-0.4, -0.2) is 20.3 Å². The Labute approximate surface area is 164 Å². The lowest BCUT2D eigenvalue weighted by atomic mass is 10.1. The number of anilines is 1. The highest BCUT2D eigenvalue weighted by molar-refractivity contribution is 14.1. The Kier molecular flexibility index (Phi) is 4.42. The van der Waals surface area contributed by atoms with Crippen molar-refractivity contribution < 1.29 is 4.79 Å². The van der Waals surface area contributed by atoms with Gasteiger partial charge in [0.05, 0.1) is 5.69 Å². The van der Waals surface area contributed by atoms with Gasteiger partial charge in [0.2, 0.25) is 5.78 Å². The summed E-state index contributed by atoms with van der Waals surface area (Å²) in [7, 11) is 0. The molecule has 0 aliphatic carbocycles. The summed E-state index contributed by atoms with van der Waals surface area (Å²) < 4.78 is 3.00. The molecule has 2 aromatic carbocycles. The minimum absolute atomic E-state index is 0.124. The Morgan fingerprint density at radius 2 is 1.73 bits per heavy atom. The number of rotatable bonds is 3. The number of amides is 1. The zero-order chi connectivity index (χ0) is 18.1. The van der Waals surface area contributed by atoms with E-state index in [9.17, 15) is 4.79 Å². The summed E-state index contributed by atoms with van der Waals surface area (Å²) in [6, 6.07) is 17.0. The molecule has 0 atom stereocenters. The van der Waals surface area contributed by atoms with E-state index in [1.165, 1.54) is 0 Å². The smallest absolute Gasteiger partial charge is 0.255 e. The number of benzene rings is 2. The zero-order valence-electron chi connectivity index (χ0n) is 14.0. The van der Waals surface area contributed by atoms with E-state index in [1.807, 2.05) is 78.3 Å². The number of carbonyl (C=O) groups excluding carboxylic acids is 1. The molecule has 0 saturated carbocycles. The van der Waals surface area contributed by atoms with Crippen molar-refractivity contribution in [3.63, 3.8) is 0 Å². The summed E-state index contributed by atoms with van der Waals surface area (Å²) >= 11 is 2.22. The van der Waals surface area contributed by atoms with Crippen LogP contribution in [0.25, 0.3) is 17.0 Å². The number of imidazole rings is 1. The molecule has 2 aromatic heterocycles. The molecule has 0 fully saturated rings. The van der Waals surface area contributed by atoms with Gasteiger partial charge in [0.25, 0.3) is 5.91 Å². The zero-order valence-corrected chi connectivity index (χ0v) is 16.1. The van der Waals surface area contributed by atoms with Gasteiger partial charge < -0.3 is 5.32 Å². The Balaban J connectivity index is 1.54. The molecule has 5 nitrogen and oxygen atoms in total. The van der Waals surface area contributed by atoms with Crippen molar-refractivity contribution in [2.24, 2.45) is 0 Å². The highest BCUT2D eigenvalue weighted by Crippen LogP contribution is 2.21. The van der Waals surface area contributed by atoms with Crippen LogP contribution in [0, 0.1) is 10.5 Å². The lowest BCUT2D eigenvalue weighted by molar-refractivity contribution is 0.102. The van der Waals surface area contributed by atoms with Crippen LogP contribution in [0.1, 0.15) is 16.1 Å². The van der Waals surface area contributed by atoms with Crippen molar-refractivity contribution in [3.8, 4) is 11.3 Å². The lowest BCUT2D eigenvalue weighted by Crippen LogP contribution is -2.11. The van der Waals surface area contributed by atoms with E-state index in [-0.39, 0.29) is 5.91 Å². The van der Waals surface area contributed by atoms with Gasteiger partial charge in [-0.3, -0.25) is 9.20 Å². The average molecular weight is 454 g/mol. The van der Waals surface area contributed by atoms with E-state index in [0.717, 1.165) is 26.2 Å². The molecule has 1 N–H and O–H groups in total. The topological polar surface area (TPSA) is 59.3 Å². The Morgan fingerprint density at radius 3 is 2.46 bits per heavy atom. The largest absolute Gasteiger partial charge is 0.322 e. The summed E-state index contributed by atoms with van der Waals surface area (Å²) in [6.07, 6.45) is 3.89. The average Bonchev–Trinajstić information content (AvgIpc) is 3.06. The van der Waals surface area contributed by atoms with E-state index in [2.05, 4.69) is 37.9 Å². The molecule has 0 unspecified atom stereocenters. The van der Waals surface area contributed by atoms with Gasteiger partial charge in [-0.1, -0.05) is 12.1 Å². The standard InChI is InChI=1S/C20H15IN4O/c1-13-10-11-25-12-18(24-20(25)22-13)14-4-8-17(9-5-14)23-19(26)15-2-6-16(21)7-3-15/h2-12H,1H3,(H,23,26). The highest BCUT2D eigenvalue weighted by Gasteiger charge is 2.08. The van der Waals surface area contributed by atoms with Crippen LogP contribution < -0.4 is 5.32 Å². The molecule has 4 aromatic rings. The summed E-state index contributed by atoms with van der Waals surface area (Å²) in [4.78, 5) is 21.3. The van der Waals surface area contributed by atoms with Crippen LogP contribution in [0.5, 0.6) is 0 Å². The van der Waals surface area contributed by atoms with Crippen molar-refractivity contribution in [1.82, 2.24) is 14.4 Å². The molecule has 4 rings (SSSR count). The Bertz CT molecular complexity index is 1090. The van der Waals surface area contributed by atoms with Crippen LogP contribution in [0.3, 0.4) is 0 Å². The van der Waals surface area contributed by atoms with Crippen molar-refractivity contribution in [2.75, 3.05) is 5.32 Å². The van der Waals surface area contributed by atoms with E-state index in [0.29, 0.717) is 11.3 Å². The highest BCUT2D eigenvalue weighted by atomic mass is 127.